The number of anilines is 1. The van der Waals surface area contributed by atoms with Gasteiger partial charge < -0.3 is 20.1 Å². The van der Waals surface area contributed by atoms with Crippen LogP contribution in [0.5, 0.6) is 11.5 Å². The molecule has 1 atom stereocenters. The van der Waals surface area contributed by atoms with Crippen LogP contribution in [0.1, 0.15) is 22.4 Å². The van der Waals surface area contributed by atoms with E-state index in [0.29, 0.717) is 22.9 Å². The largest absolute Gasteiger partial charge is 0.497 e. The van der Waals surface area contributed by atoms with Crippen LogP contribution >= 0.6 is 0 Å². The van der Waals surface area contributed by atoms with Gasteiger partial charge in [-0.2, -0.15) is 13.2 Å². The fraction of sp³-hybridized carbons (Fsp3) is 0.172. The monoisotopic (exact) mass is 521 g/mol. The van der Waals surface area contributed by atoms with Crippen molar-refractivity contribution >= 4 is 11.7 Å². The molecule has 2 amide bonds. The molecule has 1 aromatic heterocycles. The molecule has 38 heavy (non-hydrogen) atoms. The molecule has 0 saturated carbocycles. The van der Waals surface area contributed by atoms with Crippen molar-refractivity contribution < 1.29 is 27.4 Å². The Hall–Kier alpha value is -4.53. The molecule has 0 aliphatic rings. The van der Waals surface area contributed by atoms with Crippen LogP contribution in [0, 0.1) is 0 Å². The first-order chi connectivity index (χ1) is 18.2. The third kappa shape index (κ3) is 5.88. The zero-order valence-electron chi connectivity index (χ0n) is 20.8. The van der Waals surface area contributed by atoms with Crippen molar-refractivity contribution in [2.75, 3.05) is 19.5 Å². The number of aromatic nitrogens is 1. The highest BCUT2D eigenvalue weighted by atomic mass is 19.4. The Morgan fingerprint density at radius 3 is 2.24 bits per heavy atom. The normalized spacial score (nSPS) is 12.8. The van der Waals surface area contributed by atoms with Crippen molar-refractivity contribution in [1.82, 2.24) is 10.3 Å². The summed E-state index contributed by atoms with van der Waals surface area (Å²) in [6.45, 7) is 0. The molecule has 1 heterocycles. The Kier molecular flexibility index (Phi) is 7.85. The summed E-state index contributed by atoms with van der Waals surface area (Å²) in [4.78, 5) is 18.0. The van der Waals surface area contributed by atoms with Gasteiger partial charge in [0.1, 0.15) is 17.0 Å². The van der Waals surface area contributed by atoms with E-state index in [2.05, 4.69) is 15.6 Å². The van der Waals surface area contributed by atoms with Crippen LogP contribution in [-0.2, 0) is 18.1 Å². The molecule has 4 aromatic rings. The predicted octanol–water partition coefficient (Wildman–Crippen LogP) is 6.43. The van der Waals surface area contributed by atoms with Gasteiger partial charge in [-0.15, -0.1) is 0 Å². The van der Waals surface area contributed by atoms with E-state index in [1.807, 2.05) is 30.3 Å². The van der Waals surface area contributed by atoms with Gasteiger partial charge in [0.05, 0.1) is 31.2 Å². The minimum Gasteiger partial charge on any atom is -0.497 e. The SMILES string of the molecule is COc1ccc(OC)c(NC(=O)NC(Cc2ccccc2)(c2cccc(C(F)(F)F)c2)c2ccccn2)c1. The van der Waals surface area contributed by atoms with Crippen LogP contribution in [0.15, 0.2) is 97.2 Å². The van der Waals surface area contributed by atoms with Crippen LogP contribution in [0.3, 0.4) is 0 Å². The lowest BCUT2D eigenvalue weighted by atomic mass is 9.80. The maximum absolute atomic E-state index is 13.7. The lowest BCUT2D eigenvalue weighted by molar-refractivity contribution is -0.137. The van der Waals surface area contributed by atoms with E-state index in [-0.39, 0.29) is 12.0 Å². The summed E-state index contributed by atoms with van der Waals surface area (Å²) in [6, 6.07) is 23.4. The van der Waals surface area contributed by atoms with Crippen molar-refractivity contribution in [3.63, 3.8) is 0 Å². The van der Waals surface area contributed by atoms with Gasteiger partial charge in [-0.25, -0.2) is 4.79 Å². The molecule has 0 fully saturated rings. The molecule has 2 N–H and O–H groups in total. The first kappa shape index (κ1) is 26.5. The number of rotatable bonds is 8. The summed E-state index contributed by atoms with van der Waals surface area (Å²) in [6.07, 6.45) is -2.91. The Morgan fingerprint density at radius 1 is 0.842 bits per heavy atom. The number of benzene rings is 3. The van der Waals surface area contributed by atoms with Crippen LogP contribution in [-0.4, -0.2) is 25.2 Å². The number of nitrogens with one attached hydrogen (secondary N) is 2. The molecule has 4 rings (SSSR count). The molecule has 3 aromatic carbocycles. The highest BCUT2D eigenvalue weighted by Crippen LogP contribution is 2.37. The second kappa shape index (κ2) is 11.2. The second-order valence-corrected chi connectivity index (χ2v) is 8.51. The lowest BCUT2D eigenvalue weighted by Gasteiger charge is -2.36. The zero-order valence-corrected chi connectivity index (χ0v) is 20.8. The fourth-order valence-electron chi connectivity index (χ4n) is 4.26. The van der Waals surface area contributed by atoms with Crippen molar-refractivity contribution in [2.45, 2.75) is 18.1 Å². The first-order valence-electron chi connectivity index (χ1n) is 11.7. The number of ether oxygens (including phenoxy) is 2. The van der Waals surface area contributed by atoms with Crippen LogP contribution < -0.4 is 20.1 Å². The molecule has 6 nitrogen and oxygen atoms in total. The number of nitrogens with zero attached hydrogens (tertiary/aromatic N) is 1. The highest BCUT2D eigenvalue weighted by Gasteiger charge is 2.40. The summed E-state index contributed by atoms with van der Waals surface area (Å²) in [5.74, 6) is 0.866. The average molecular weight is 522 g/mol. The van der Waals surface area contributed by atoms with Crippen LogP contribution in [0.25, 0.3) is 0 Å². The number of halogens is 3. The molecule has 0 aliphatic carbocycles. The minimum atomic E-state index is -4.57. The van der Waals surface area contributed by atoms with E-state index < -0.39 is 23.3 Å². The number of carbonyl (C=O) groups is 1. The number of amides is 2. The molecule has 0 spiro atoms. The van der Waals surface area contributed by atoms with E-state index in [1.54, 1.807) is 42.5 Å². The number of alkyl halides is 3. The van der Waals surface area contributed by atoms with Crippen LogP contribution in [0.2, 0.25) is 0 Å². The van der Waals surface area contributed by atoms with E-state index >= 15 is 0 Å². The van der Waals surface area contributed by atoms with Gasteiger partial charge in [0, 0.05) is 18.7 Å². The van der Waals surface area contributed by atoms with Crippen molar-refractivity contribution in [3.8, 4) is 11.5 Å². The van der Waals surface area contributed by atoms with E-state index in [4.69, 9.17) is 9.47 Å². The quantitative estimate of drug-likeness (QED) is 0.281. The number of urea groups is 1. The molecule has 196 valence electrons. The lowest BCUT2D eigenvalue weighted by Crippen LogP contribution is -2.50. The molecule has 0 radical (unpaired) electrons. The Balaban J connectivity index is 1.85. The molecule has 1 unspecified atom stereocenters. The summed E-state index contributed by atoms with van der Waals surface area (Å²) < 4.78 is 51.9. The summed E-state index contributed by atoms with van der Waals surface area (Å²) in [7, 11) is 2.95. The van der Waals surface area contributed by atoms with Crippen molar-refractivity contribution in [1.29, 1.82) is 0 Å². The van der Waals surface area contributed by atoms with Gasteiger partial charge in [-0.3, -0.25) is 4.98 Å². The smallest absolute Gasteiger partial charge is 0.416 e. The zero-order chi connectivity index (χ0) is 27.2. The predicted molar refractivity (Wildman–Crippen MR) is 138 cm³/mol. The van der Waals surface area contributed by atoms with E-state index in [0.717, 1.165) is 17.7 Å². The Labute approximate surface area is 218 Å². The topological polar surface area (TPSA) is 72.5 Å². The number of hydrogen-bond acceptors (Lipinski definition) is 4. The summed E-state index contributed by atoms with van der Waals surface area (Å²) >= 11 is 0. The molecule has 0 bridgehead atoms. The molecular formula is C29H26F3N3O3. The standard InChI is InChI=1S/C29H26F3N3O3/c1-37-23-14-15-25(38-2)24(18-23)34-27(36)35-28(26-13-6-7-16-33-26,19-20-9-4-3-5-10-20)21-11-8-12-22(17-21)29(30,31)32/h3-18H,19H2,1-2H3,(H2,34,35,36). The number of carbonyl (C=O) groups excluding carboxylic acids is 1. The molecule has 9 heteroatoms. The molecule has 0 aliphatic heterocycles. The van der Waals surface area contributed by atoms with Gasteiger partial charge in [0.15, 0.2) is 0 Å². The Morgan fingerprint density at radius 2 is 1.58 bits per heavy atom. The third-order valence-electron chi connectivity index (χ3n) is 6.08. The van der Waals surface area contributed by atoms with Gasteiger partial charge in [0.25, 0.3) is 0 Å². The third-order valence-corrected chi connectivity index (χ3v) is 6.08. The van der Waals surface area contributed by atoms with Gasteiger partial charge in [0.2, 0.25) is 0 Å². The van der Waals surface area contributed by atoms with Crippen LogP contribution in [0.4, 0.5) is 23.7 Å². The van der Waals surface area contributed by atoms with Crippen molar-refractivity contribution in [2.24, 2.45) is 0 Å². The van der Waals surface area contributed by atoms with Gasteiger partial charge in [-0.1, -0.05) is 48.5 Å². The Bertz CT molecular complexity index is 1380. The molecule has 0 saturated heterocycles. The number of methoxy groups -OCH3 is 2. The molecular weight excluding hydrogens is 495 g/mol. The van der Waals surface area contributed by atoms with Gasteiger partial charge in [-0.05, 0) is 47.5 Å². The fourth-order valence-corrected chi connectivity index (χ4v) is 4.26. The maximum atomic E-state index is 13.7. The van der Waals surface area contributed by atoms with E-state index in [1.165, 1.54) is 26.5 Å². The highest BCUT2D eigenvalue weighted by molar-refractivity contribution is 5.92. The number of hydrogen-bond donors (Lipinski definition) is 2. The first-order valence-corrected chi connectivity index (χ1v) is 11.7. The minimum absolute atomic E-state index is 0.134. The summed E-state index contributed by atoms with van der Waals surface area (Å²) in [5.41, 5.74) is -0.587. The number of pyridine rings is 1. The van der Waals surface area contributed by atoms with Gasteiger partial charge >= 0.3 is 12.2 Å². The second-order valence-electron chi connectivity index (χ2n) is 8.51. The maximum Gasteiger partial charge on any atom is 0.416 e. The van der Waals surface area contributed by atoms with E-state index in [9.17, 15) is 18.0 Å². The van der Waals surface area contributed by atoms with Crippen molar-refractivity contribution in [3.05, 3.63) is 120 Å². The average Bonchev–Trinajstić information content (AvgIpc) is 2.93. The summed E-state index contributed by atoms with van der Waals surface area (Å²) in [5, 5.41) is 5.71.